The number of nitrogens with one attached hydrogen (secondary N) is 2. The Morgan fingerprint density at radius 1 is 1.12 bits per heavy atom. The lowest BCUT2D eigenvalue weighted by atomic mass is 10.2. The first-order valence-corrected chi connectivity index (χ1v) is 8.53. The summed E-state index contributed by atoms with van der Waals surface area (Å²) in [4.78, 5) is 35.6. The molecule has 0 aliphatic heterocycles. The molecule has 1 aromatic carbocycles. The lowest BCUT2D eigenvalue weighted by Gasteiger charge is -2.07. The van der Waals surface area contributed by atoms with E-state index in [2.05, 4.69) is 10.6 Å². The van der Waals surface area contributed by atoms with Gasteiger partial charge < -0.3 is 10.6 Å². The molecule has 0 spiro atoms. The Morgan fingerprint density at radius 2 is 1.92 bits per heavy atom. The first-order valence-electron chi connectivity index (χ1n) is 7.65. The summed E-state index contributed by atoms with van der Waals surface area (Å²) in [5, 5.41) is 7.32. The third-order valence-corrected chi connectivity index (χ3v) is 4.42. The summed E-state index contributed by atoms with van der Waals surface area (Å²) in [6, 6.07) is 9.28. The van der Waals surface area contributed by atoms with Gasteiger partial charge in [-0.1, -0.05) is 12.1 Å². The van der Waals surface area contributed by atoms with Crippen LogP contribution in [-0.4, -0.2) is 24.1 Å². The Balaban J connectivity index is 1.71. The molecule has 0 atom stereocenters. The Kier molecular flexibility index (Phi) is 6.26. The molecule has 0 saturated heterocycles. The highest BCUT2D eigenvalue weighted by Crippen LogP contribution is 2.15. The molecular formula is C18H20N2O3S. The summed E-state index contributed by atoms with van der Waals surface area (Å²) >= 11 is 1.34. The van der Waals surface area contributed by atoms with Crippen LogP contribution < -0.4 is 10.6 Å². The van der Waals surface area contributed by atoms with E-state index in [1.54, 1.807) is 11.4 Å². The fourth-order valence-electron chi connectivity index (χ4n) is 2.16. The zero-order chi connectivity index (χ0) is 17.5. The van der Waals surface area contributed by atoms with Crippen molar-refractivity contribution >= 4 is 34.6 Å². The quantitative estimate of drug-likeness (QED) is 0.758. The number of carbonyl (C=O) groups excluding carboxylic acids is 3. The minimum absolute atomic E-state index is 0.000483. The number of thiophene rings is 1. The van der Waals surface area contributed by atoms with Gasteiger partial charge in [0.25, 0.3) is 0 Å². The topological polar surface area (TPSA) is 75.3 Å². The molecule has 0 unspecified atom stereocenters. The molecule has 2 rings (SSSR count). The number of amides is 2. The molecule has 6 heteroatoms. The van der Waals surface area contributed by atoms with E-state index in [4.69, 9.17) is 0 Å². The smallest absolute Gasteiger partial charge is 0.226 e. The highest BCUT2D eigenvalue weighted by atomic mass is 32.1. The minimum Gasteiger partial charge on any atom is -0.355 e. The number of carbonyl (C=O) groups is 3. The van der Waals surface area contributed by atoms with Crippen molar-refractivity contribution in [2.75, 3.05) is 11.9 Å². The predicted octanol–water partition coefficient (Wildman–Crippen LogP) is 2.95. The fourth-order valence-corrected chi connectivity index (χ4v) is 2.98. The van der Waals surface area contributed by atoms with E-state index in [1.165, 1.54) is 18.3 Å². The Hall–Kier alpha value is -2.47. The number of Topliss-reactive ketones (excluding diaryl/α,β-unsaturated/α-hetero) is 1. The number of benzene rings is 1. The van der Waals surface area contributed by atoms with Crippen LogP contribution in [0.1, 0.15) is 34.1 Å². The van der Waals surface area contributed by atoms with Crippen molar-refractivity contribution in [3.63, 3.8) is 0 Å². The van der Waals surface area contributed by atoms with Gasteiger partial charge in [-0.3, -0.25) is 14.4 Å². The Labute approximate surface area is 145 Å². The fraction of sp³-hybridized carbons (Fsp3) is 0.278. The highest BCUT2D eigenvalue weighted by Gasteiger charge is 2.09. The van der Waals surface area contributed by atoms with Crippen LogP contribution in [0.2, 0.25) is 0 Å². The van der Waals surface area contributed by atoms with Crippen LogP contribution in [0.15, 0.2) is 35.7 Å². The lowest BCUT2D eigenvalue weighted by Crippen LogP contribution is -2.28. The number of aryl methyl sites for hydroxylation is 1. The second kappa shape index (κ2) is 8.40. The van der Waals surface area contributed by atoms with Gasteiger partial charge >= 0.3 is 0 Å². The minimum atomic E-state index is -0.161. The molecule has 0 radical (unpaired) electrons. The first-order chi connectivity index (χ1) is 11.4. The van der Waals surface area contributed by atoms with E-state index in [9.17, 15) is 14.4 Å². The van der Waals surface area contributed by atoms with Crippen LogP contribution >= 0.6 is 11.3 Å². The number of hydrogen-bond donors (Lipinski definition) is 2. The van der Waals surface area contributed by atoms with E-state index < -0.39 is 0 Å². The van der Waals surface area contributed by atoms with Crippen LogP contribution in [0.3, 0.4) is 0 Å². The number of ketones is 1. The van der Waals surface area contributed by atoms with Crippen molar-refractivity contribution in [2.24, 2.45) is 0 Å². The Morgan fingerprint density at radius 3 is 2.58 bits per heavy atom. The molecule has 0 aliphatic carbocycles. The second-order valence-electron chi connectivity index (χ2n) is 5.57. The van der Waals surface area contributed by atoms with Gasteiger partial charge in [-0.25, -0.2) is 0 Å². The maximum atomic E-state index is 11.9. The molecule has 0 aliphatic rings. The van der Waals surface area contributed by atoms with Crippen LogP contribution in [0.25, 0.3) is 0 Å². The number of rotatable bonds is 7. The van der Waals surface area contributed by atoms with Gasteiger partial charge in [0.15, 0.2) is 5.78 Å². The van der Waals surface area contributed by atoms with Gasteiger partial charge in [0.2, 0.25) is 11.8 Å². The molecule has 2 aromatic rings. The summed E-state index contributed by atoms with van der Waals surface area (Å²) in [5.41, 5.74) is 2.63. The molecule has 126 valence electrons. The Bertz CT molecular complexity index is 752. The van der Waals surface area contributed by atoms with Crippen molar-refractivity contribution in [3.05, 3.63) is 51.7 Å². The van der Waals surface area contributed by atoms with Crippen LogP contribution in [0, 0.1) is 6.92 Å². The van der Waals surface area contributed by atoms with E-state index in [0.29, 0.717) is 4.88 Å². The van der Waals surface area contributed by atoms with E-state index in [1.807, 2.05) is 31.2 Å². The molecule has 2 amide bonds. The third kappa shape index (κ3) is 5.62. The molecule has 24 heavy (non-hydrogen) atoms. The summed E-state index contributed by atoms with van der Waals surface area (Å²) in [5.74, 6) is -0.305. The molecule has 1 aromatic heterocycles. The van der Waals surface area contributed by atoms with Gasteiger partial charge in [0, 0.05) is 18.7 Å². The average Bonchev–Trinajstić information content (AvgIpc) is 2.96. The standard InChI is InChI=1S/C18H20N2O3S/c1-12-4-3-5-15(8-12)20-17(22)6-7-19-18(23)10-14-9-16(13(2)21)24-11-14/h3-5,8-9,11H,6-7,10H2,1-2H3,(H,19,23)(H,20,22). The largest absolute Gasteiger partial charge is 0.355 e. The zero-order valence-corrected chi connectivity index (χ0v) is 14.5. The summed E-state index contributed by atoms with van der Waals surface area (Å²) in [7, 11) is 0. The van der Waals surface area contributed by atoms with Crippen molar-refractivity contribution in [3.8, 4) is 0 Å². The molecule has 0 saturated carbocycles. The maximum absolute atomic E-state index is 11.9. The van der Waals surface area contributed by atoms with E-state index in [-0.39, 0.29) is 37.0 Å². The van der Waals surface area contributed by atoms with Crippen molar-refractivity contribution in [1.29, 1.82) is 0 Å². The molecule has 2 N–H and O–H groups in total. The van der Waals surface area contributed by atoms with Crippen LogP contribution in [0.4, 0.5) is 5.69 Å². The third-order valence-electron chi connectivity index (χ3n) is 3.34. The molecule has 0 fully saturated rings. The van der Waals surface area contributed by atoms with Crippen molar-refractivity contribution < 1.29 is 14.4 Å². The van der Waals surface area contributed by atoms with Crippen LogP contribution in [-0.2, 0) is 16.0 Å². The maximum Gasteiger partial charge on any atom is 0.226 e. The summed E-state index contributed by atoms with van der Waals surface area (Å²) in [6.07, 6.45) is 0.422. The SMILES string of the molecule is CC(=O)c1cc(CC(=O)NCCC(=O)Nc2cccc(C)c2)cs1. The van der Waals surface area contributed by atoms with Crippen molar-refractivity contribution in [1.82, 2.24) is 5.32 Å². The van der Waals surface area contributed by atoms with Crippen molar-refractivity contribution in [2.45, 2.75) is 26.7 Å². The van der Waals surface area contributed by atoms with Gasteiger partial charge in [-0.15, -0.1) is 11.3 Å². The summed E-state index contributed by atoms with van der Waals surface area (Å²) < 4.78 is 0. The van der Waals surface area contributed by atoms with Gasteiger partial charge in [0.05, 0.1) is 11.3 Å². The van der Waals surface area contributed by atoms with Gasteiger partial charge in [-0.05, 0) is 48.6 Å². The lowest BCUT2D eigenvalue weighted by molar-refractivity contribution is -0.120. The second-order valence-corrected chi connectivity index (χ2v) is 6.48. The van der Waals surface area contributed by atoms with E-state index >= 15 is 0 Å². The predicted molar refractivity (Wildman–Crippen MR) is 95.5 cm³/mol. The summed E-state index contributed by atoms with van der Waals surface area (Å²) in [6.45, 7) is 3.74. The van der Waals surface area contributed by atoms with E-state index in [0.717, 1.165) is 16.8 Å². The number of hydrogen-bond acceptors (Lipinski definition) is 4. The molecule has 5 nitrogen and oxygen atoms in total. The van der Waals surface area contributed by atoms with Gasteiger partial charge in [0.1, 0.15) is 0 Å². The zero-order valence-electron chi connectivity index (χ0n) is 13.7. The number of anilines is 1. The van der Waals surface area contributed by atoms with Crippen LogP contribution in [0.5, 0.6) is 0 Å². The highest BCUT2D eigenvalue weighted by molar-refractivity contribution is 7.12. The normalized spacial score (nSPS) is 10.2. The van der Waals surface area contributed by atoms with Gasteiger partial charge in [-0.2, -0.15) is 0 Å². The first kappa shape index (κ1) is 17.9. The average molecular weight is 344 g/mol. The monoisotopic (exact) mass is 344 g/mol. The molecular weight excluding hydrogens is 324 g/mol. The molecule has 0 bridgehead atoms. The molecule has 1 heterocycles.